The lowest BCUT2D eigenvalue weighted by Gasteiger charge is -2.31. The van der Waals surface area contributed by atoms with Gasteiger partial charge in [-0.15, -0.1) is 0 Å². The van der Waals surface area contributed by atoms with E-state index in [4.69, 9.17) is 22.3 Å². The summed E-state index contributed by atoms with van der Waals surface area (Å²) in [6, 6.07) is 3.79. The highest BCUT2D eigenvalue weighted by molar-refractivity contribution is 6.30. The van der Waals surface area contributed by atoms with E-state index >= 15 is 0 Å². The number of hydrogen-bond donors (Lipinski definition) is 1. The molecule has 0 aromatic carbocycles. The van der Waals surface area contributed by atoms with Crippen LogP contribution >= 0.6 is 11.6 Å². The van der Waals surface area contributed by atoms with Crippen molar-refractivity contribution in [3.05, 3.63) is 23.4 Å². The zero-order valence-electron chi connectivity index (χ0n) is 8.40. The summed E-state index contributed by atoms with van der Waals surface area (Å²) in [6.45, 7) is 1.85. The van der Waals surface area contributed by atoms with E-state index in [0.29, 0.717) is 5.02 Å². The summed E-state index contributed by atoms with van der Waals surface area (Å²) in [5.74, 6) is 6.12. The van der Waals surface area contributed by atoms with Crippen LogP contribution in [0.2, 0.25) is 5.02 Å². The van der Waals surface area contributed by atoms with Gasteiger partial charge in [-0.25, -0.2) is 10.9 Å². The van der Waals surface area contributed by atoms with Crippen LogP contribution in [-0.2, 0) is 4.84 Å². The Morgan fingerprint density at radius 3 is 2.67 bits per heavy atom. The molecule has 0 saturated carbocycles. The van der Waals surface area contributed by atoms with Crippen LogP contribution in [0.5, 0.6) is 0 Å². The monoisotopic (exact) mass is 227 g/mol. The van der Waals surface area contributed by atoms with E-state index in [1.54, 1.807) is 6.20 Å². The van der Waals surface area contributed by atoms with E-state index in [1.807, 2.05) is 12.1 Å². The predicted molar refractivity (Wildman–Crippen MR) is 59.8 cm³/mol. The normalized spacial score (nSPS) is 18.1. The number of halogens is 1. The zero-order valence-corrected chi connectivity index (χ0v) is 9.15. The van der Waals surface area contributed by atoms with Gasteiger partial charge in [0.05, 0.1) is 11.1 Å². The van der Waals surface area contributed by atoms with Crippen LogP contribution in [0.4, 0.5) is 5.82 Å². The Bertz CT molecular complexity index is 309. The number of piperidine rings is 1. The summed E-state index contributed by atoms with van der Waals surface area (Å²) in [5.41, 5.74) is 0. The number of rotatable bonds is 2. The molecule has 1 aromatic rings. The van der Waals surface area contributed by atoms with Crippen LogP contribution in [0.3, 0.4) is 0 Å². The number of nitrogens with two attached hydrogens (primary N) is 1. The quantitative estimate of drug-likeness (QED) is 0.780. The molecule has 1 aliphatic heterocycles. The zero-order chi connectivity index (χ0) is 10.7. The van der Waals surface area contributed by atoms with Crippen molar-refractivity contribution in [1.82, 2.24) is 4.98 Å². The van der Waals surface area contributed by atoms with Crippen molar-refractivity contribution in [2.45, 2.75) is 18.9 Å². The summed E-state index contributed by atoms with van der Waals surface area (Å²) in [5, 5.41) is 0.666. The van der Waals surface area contributed by atoms with Crippen LogP contribution in [0, 0.1) is 0 Å². The summed E-state index contributed by atoms with van der Waals surface area (Å²) < 4.78 is 0. The van der Waals surface area contributed by atoms with Crippen LogP contribution in [0.25, 0.3) is 0 Å². The molecule has 1 aliphatic rings. The topological polar surface area (TPSA) is 51.4 Å². The van der Waals surface area contributed by atoms with Gasteiger partial charge in [0.25, 0.3) is 0 Å². The third kappa shape index (κ3) is 2.59. The smallest absolute Gasteiger partial charge is 0.128 e. The number of nitrogens with zero attached hydrogens (tertiary/aromatic N) is 2. The van der Waals surface area contributed by atoms with E-state index in [0.717, 1.165) is 31.7 Å². The molecule has 0 radical (unpaired) electrons. The number of hydrogen-bond acceptors (Lipinski definition) is 4. The molecular formula is C10H14ClN3O. The van der Waals surface area contributed by atoms with Gasteiger partial charge in [-0.3, -0.25) is 0 Å². The largest absolute Gasteiger partial charge is 0.356 e. The molecule has 1 saturated heterocycles. The molecule has 1 aromatic heterocycles. The van der Waals surface area contributed by atoms with Gasteiger partial charge >= 0.3 is 0 Å². The second-order valence-corrected chi connectivity index (χ2v) is 4.09. The van der Waals surface area contributed by atoms with Crippen LogP contribution in [-0.4, -0.2) is 24.2 Å². The van der Waals surface area contributed by atoms with E-state index < -0.39 is 0 Å². The van der Waals surface area contributed by atoms with Gasteiger partial charge in [-0.05, 0) is 25.0 Å². The SMILES string of the molecule is NOC1CCN(c2ccc(Cl)cn2)CC1. The maximum atomic E-state index is 5.78. The summed E-state index contributed by atoms with van der Waals surface area (Å²) in [4.78, 5) is 11.3. The number of aromatic nitrogens is 1. The Hall–Kier alpha value is -0.840. The first-order valence-corrected chi connectivity index (χ1v) is 5.39. The fourth-order valence-corrected chi connectivity index (χ4v) is 1.89. The Morgan fingerprint density at radius 2 is 2.13 bits per heavy atom. The average Bonchev–Trinajstić information content (AvgIpc) is 2.30. The second-order valence-electron chi connectivity index (χ2n) is 3.66. The average molecular weight is 228 g/mol. The van der Waals surface area contributed by atoms with E-state index in [1.165, 1.54) is 0 Å². The lowest BCUT2D eigenvalue weighted by molar-refractivity contribution is 0.0367. The minimum atomic E-state index is 0.188. The van der Waals surface area contributed by atoms with Gasteiger partial charge < -0.3 is 9.74 Å². The van der Waals surface area contributed by atoms with Crippen LogP contribution in [0.1, 0.15) is 12.8 Å². The first-order valence-electron chi connectivity index (χ1n) is 5.01. The van der Waals surface area contributed by atoms with Crippen LogP contribution < -0.4 is 10.8 Å². The van der Waals surface area contributed by atoms with Gasteiger partial charge in [-0.1, -0.05) is 11.6 Å². The molecule has 4 nitrogen and oxygen atoms in total. The Morgan fingerprint density at radius 1 is 1.40 bits per heavy atom. The van der Waals surface area contributed by atoms with Gasteiger partial charge in [-0.2, -0.15) is 0 Å². The lowest BCUT2D eigenvalue weighted by atomic mass is 10.1. The molecule has 0 unspecified atom stereocenters. The molecule has 0 amide bonds. The second kappa shape index (κ2) is 4.79. The van der Waals surface area contributed by atoms with Crippen molar-refractivity contribution < 1.29 is 4.84 Å². The van der Waals surface area contributed by atoms with Crippen molar-refractivity contribution in [2.75, 3.05) is 18.0 Å². The van der Waals surface area contributed by atoms with Crippen LogP contribution in [0.15, 0.2) is 18.3 Å². The predicted octanol–water partition coefficient (Wildman–Crippen LogP) is 1.59. The Balaban J connectivity index is 1.98. The first kappa shape index (κ1) is 10.7. The van der Waals surface area contributed by atoms with Crippen molar-refractivity contribution in [3.63, 3.8) is 0 Å². The maximum Gasteiger partial charge on any atom is 0.128 e. The lowest BCUT2D eigenvalue weighted by Crippen LogP contribution is -2.38. The van der Waals surface area contributed by atoms with Crippen molar-refractivity contribution >= 4 is 17.4 Å². The fraction of sp³-hybridized carbons (Fsp3) is 0.500. The number of pyridine rings is 1. The highest BCUT2D eigenvalue weighted by atomic mass is 35.5. The van der Waals surface area contributed by atoms with Crippen molar-refractivity contribution in [2.24, 2.45) is 5.90 Å². The molecular weight excluding hydrogens is 214 g/mol. The molecule has 2 rings (SSSR count). The number of anilines is 1. The van der Waals surface area contributed by atoms with Gasteiger partial charge in [0.1, 0.15) is 5.82 Å². The molecule has 82 valence electrons. The summed E-state index contributed by atoms with van der Waals surface area (Å²) in [7, 11) is 0. The van der Waals surface area contributed by atoms with Crippen molar-refractivity contribution in [3.8, 4) is 0 Å². The highest BCUT2D eigenvalue weighted by Gasteiger charge is 2.19. The third-order valence-corrected chi connectivity index (χ3v) is 2.89. The highest BCUT2D eigenvalue weighted by Crippen LogP contribution is 2.19. The third-order valence-electron chi connectivity index (χ3n) is 2.67. The van der Waals surface area contributed by atoms with E-state index in [-0.39, 0.29) is 6.10 Å². The van der Waals surface area contributed by atoms with Crippen molar-refractivity contribution in [1.29, 1.82) is 0 Å². The van der Waals surface area contributed by atoms with E-state index in [2.05, 4.69) is 9.88 Å². The minimum absolute atomic E-state index is 0.188. The molecule has 2 N–H and O–H groups in total. The summed E-state index contributed by atoms with van der Waals surface area (Å²) >= 11 is 5.78. The molecule has 0 aliphatic carbocycles. The maximum absolute atomic E-state index is 5.78. The fourth-order valence-electron chi connectivity index (χ4n) is 1.78. The molecule has 0 spiro atoms. The summed E-state index contributed by atoms with van der Waals surface area (Å²) in [6.07, 6.45) is 3.75. The Labute approximate surface area is 93.9 Å². The first-order chi connectivity index (χ1) is 7.29. The molecule has 1 fully saturated rings. The Kier molecular flexibility index (Phi) is 3.41. The van der Waals surface area contributed by atoms with Gasteiger partial charge in [0.15, 0.2) is 0 Å². The standard InChI is InChI=1S/C10H14ClN3O/c11-8-1-2-10(13-7-8)14-5-3-9(15-12)4-6-14/h1-2,7,9H,3-6,12H2. The van der Waals surface area contributed by atoms with E-state index in [9.17, 15) is 0 Å². The molecule has 2 heterocycles. The molecule has 0 bridgehead atoms. The van der Waals surface area contributed by atoms with Gasteiger partial charge in [0, 0.05) is 19.3 Å². The molecule has 0 atom stereocenters. The molecule has 15 heavy (non-hydrogen) atoms. The minimum Gasteiger partial charge on any atom is -0.356 e. The molecule has 5 heteroatoms. The van der Waals surface area contributed by atoms with Gasteiger partial charge in [0.2, 0.25) is 0 Å².